The Bertz CT molecular complexity index is 1490. The van der Waals surface area contributed by atoms with Gasteiger partial charge in [-0.2, -0.15) is 8.78 Å². The van der Waals surface area contributed by atoms with Crippen LogP contribution in [0.4, 0.5) is 8.78 Å². The van der Waals surface area contributed by atoms with Crippen LogP contribution in [0.25, 0.3) is 28.0 Å². The molecule has 0 atom stereocenters. The molecule has 7 nitrogen and oxygen atoms in total. The second-order valence-corrected chi connectivity index (χ2v) is 8.02. The summed E-state index contributed by atoms with van der Waals surface area (Å²) in [6.07, 6.45) is 0. The van der Waals surface area contributed by atoms with Crippen molar-refractivity contribution in [3.05, 3.63) is 95.1 Å². The molecule has 0 radical (unpaired) electrons. The largest absolute Gasteiger partial charge is 0.435 e. The number of para-hydroxylation sites is 1. The second kappa shape index (κ2) is 9.44. The molecule has 0 saturated heterocycles. The molecule has 10 heteroatoms. The molecule has 0 aliphatic heterocycles. The van der Waals surface area contributed by atoms with Crippen LogP contribution in [0.5, 0.6) is 5.75 Å². The first kappa shape index (κ1) is 21.8. The van der Waals surface area contributed by atoms with Crippen molar-refractivity contribution in [2.24, 2.45) is 0 Å². The van der Waals surface area contributed by atoms with Crippen molar-refractivity contribution in [1.82, 2.24) is 19.7 Å². The average molecular weight is 478 g/mol. The minimum Gasteiger partial charge on any atom is -0.435 e. The van der Waals surface area contributed by atoms with Crippen LogP contribution in [0.3, 0.4) is 0 Å². The van der Waals surface area contributed by atoms with Crippen LogP contribution in [-0.4, -0.2) is 26.4 Å². The summed E-state index contributed by atoms with van der Waals surface area (Å²) in [7, 11) is 0. The number of nitrogens with zero attached hydrogens (tertiary/aromatic N) is 4. The molecule has 0 unspecified atom stereocenters. The van der Waals surface area contributed by atoms with Gasteiger partial charge in [0.15, 0.2) is 5.16 Å². The van der Waals surface area contributed by atoms with Crippen LogP contribution >= 0.6 is 11.8 Å². The number of ether oxygens (including phenoxy) is 1. The maximum atomic E-state index is 13.3. The van der Waals surface area contributed by atoms with Gasteiger partial charge in [0.1, 0.15) is 5.75 Å². The predicted octanol–water partition coefficient (Wildman–Crippen LogP) is 5.33. The molecule has 2 aromatic heterocycles. The molecular weight excluding hydrogens is 462 g/mol. The standard InChI is InChI=1S/C24H16F2N4O3S/c25-23(26)32-17-12-10-16(11-13-17)30-22(31)18-8-4-5-9-19(18)27-24(30)34-14-20-28-29-21(33-20)15-6-2-1-3-7-15/h1-13,23H,14H2. The maximum absolute atomic E-state index is 13.3. The fraction of sp³-hybridized carbons (Fsp3) is 0.0833. The van der Waals surface area contributed by atoms with Crippen molar-refractivity contribution in [2.45, 2.75) is 17.5 Å². The lowest BCUT2D eigenvalue weighted by atomic mass is 10.2. The van der Waals surface area contributed by atoms with Crippen LogP contribution < -0.4 is 10.3 Å². The van der Waals surface area contributed by atoms with E-state index in [0.29, 0.717) is 33.5 Å². The molecule has 5 aromatic rings. The summed E-state index contributed by atoms with van der Waals surface area (Å²) in [4.78, 5) is 18.0. The maximum Gasteiger partial charge on any atom is 0.387 e. The van der Waals surface area contributed by atoms with Crippen molar-refractivity contribution in [3.8, 4) is 22.9 Å². The van der Waals surface area contributed by atoms with Gasteiger partial charge in [-0.25, -0.2) is 4.98 Å². The Morgan fingerprint density at radius 2 is 1.68 bits per heavy atom. The number of benzene rings is 3. The third-order valence-corrected chi connectivity index (χ3v) is 5.80. The summed E-state index contributed by atoms with van der Waals surface area (Å²) in [5.41, 5.74) is 1.52. The van der Waals surface area contributed by atoms with Gasteiger partial charge in [0.2, 0.25) is 11.8 Å². The zero-order valence-electron chi connectivity index (χ0n) is 17.5. The molecule has 0 spiro atoms. The molecule has 0 fully saturated rings. The van der Waals surface area contributed by atoms with Crippen LogP contribution in [0.1, 0.15) is 5.89 Å². The smallest absolute Gasteiger partial charge is 0.387 e. The predicted molar refractivity (Wildman–Crippen MR) is 123 cm³/mol. The van der Waals surface area contributed by atoms with Gasteiger partial charge in [-0.15, -0.1) is 10.2 Å². The minimum atomic E-state index is -2.93. The van der Waals surface area contributed by atoms with Crippen LogP contribution in [0.15, 0.2) is 93.2 Å². The van der Waals surface area contributed by atoms with Crippen molar-refractivity contribution in [2.75, 3.05) is 0 Å². The summed E-state index contributed by atoms with van der Waals surface area (Å²) < 4.78 is 36.6. The Hall–Kier alpha value is -4.05. The summed E-state index contributed by atoms with van der Waals surface area (Å²) in [5, 5.41) is 9.01. The molecule has 34 heavy (non-hydrogen) atoms. The highest BCUT2D eigenvalue weighted by atomic mass is 32.2. The van der Waals surface area contributed by atoms with Gasteiger partial charge in [-0.3, -0.25) is 9.36 Å². The lowest BCUT2D eigenvalue weighted by Gasteiger charge is -2.13. The van der Waals surface area contributed by atoms with E-state index in [9.17, 15) is 13.6 Å². The molecule has 5 rings (SSSR count). The molecule has 170 valence electrons. The zero-order chi connectivity index (χ0) is 23.5. The fourth-order valence-electron chi connectivity index (χ4n) is 3.35. The van der Waals surface area contributed by atoms with Crippen LogP contribution in [0.2, 0.25) is 0 Å². The molecule has 2 heterocycles. The van der Waals surface area contributed by atoms with E-state index in [-0.39, 0.29) is 17.1 Å². The number of halogens is 2. The van der Waals surface area contributed by atoms with Gasteiger partial charge in [-0.1, -0.05) is 42.1 Å². The molecular formula is C24H16F2N4O3S. The van der Waals surface area contributed by atoms with E-state index >= 15 is 0 Å². The number of fused-ring (bicyclic) bond motifs is 1. The molecule has 0 aliphatic rings. The Kier molecular flexibility index (Phi) is 6.05. The van der Waals surface area contributed by atoms with Crippen molar-refractivity contribution in [1.29, 1.82) is 0 Å². The van der Waals surface area contributed by atoms with Gasteiger partial charge in [0.05, 0.1) is 22.3 Å². The Morgan fingerprint density at radius 1 is 0.941 bits per heavy atom. The summed E-state index contributed by atoms with van der Waals surface area (Å²) >= 11 is 1.25. The number of thioether (sulfide) groups is 1. The van der Waals surface area contributed by atoms with Gasteiger partial charge in [0.25, 0.3) is 5.56 Å². The Morgan fingerprint density at radius 3 is 2.44 bits per heavy atom. The highest BCUT2D eigenvalue weighted by Crippen LogP contribution is 2.27. The molecule has 3 aromatic carbocycles. The first-order valence-electron chi connectivity index (χ1n) is 10.2. The van der Waals surface area contributed by atoms with Gasteiger partial charge < -0.3 is 9.15 Å². The van der Waals surface area contributed by atoms with E-state index in [1.807, 2.05) is 30.3 Å². The zero-order valence-corrected chi connectivity index (χ0v) is 18.3. The Labute approximate surface area is 196 Å². The first-order valence-corrected chi connectivity index (χ1v) is 11.1. The van der Waals surface area contributed by atoms with Gasteiger partial charge in [-0.05, 0) is 48.5 Å². The van der Waals surface area contributed by atoms with Crippen molar-refractivity contribution in [3.63, 3.8) is 0 Å². The summed E-state index contributed by atoms with van der Waals surface area (Å²) in [6, 6.07) is 22.2. The lowest BCUT2D eigenvalue weighted by Crippen LogP contribution is -2.21. The second-order valence-electron chi connectivity index (χ2n) is 7.08. The lowest BCUT2D eigenvalue weighted by molar-refractivity contribution is -0.0498. The molecule has 0 bridgehead atoms. The summed E-state index contributed by atoms with van der Waals surface area (Å²) in [6.45, 7) is -2.93. The van der Waals surface area contributed by atoms with Crippen LogP contribution in [0, 0.1) is 0 Å². The van der Waals surface area contributed by atoms with E-state index in [0.717, 1.165) is 5.56 Å². The normalized spacial score (nSPS) is 11.3. The van der Waals surface area contributed by atoms with E-state index < -0.39 is 6.61 Å². The fourth-order valence-corrected chi connectivity index (χ4v) is 4.20. The minimum absolute atomic E-state index is 0.00551. The highest BCUT2D eigenvalue weighted by molar-refractivity contribution is 7.98. The van der Waals surface area contributed by atoms with Crippen molar-refractivity contribution < 1.29 is 17.9 Å². The quantitative estimate of drug-likeness (QED) is 0.231. The number of hydrogen-bond donors (Lipinski definition) is 0. The average Bonchev–Trinajstić information content (AvgIpc) is 3.33. The summed E-state index contributed by atoms with van der Waals surface area (Å²) in [5.74, 6) is 1.04. The molecule has 0 saturated carbocycles. The van der Waals surface area contributed by atoms with Gasteiger partial charge >= 0.3 is 6.61 Å². The van der Waals surface area contributed by atoms with Crippen LogP contribution in [-0.2, 0) is 5.75 Å². The SMILES string of the molecule is O=c1c2ccccc2nc(SCc2nnc(-c3ccccc3)o2)n1-c1ccc(OC(F)F)cc1. The number of alkyl halides is 2. The van der Waals surface area contributed by atoms with E-state index in [1.54, 1.807) is 24.3 Å². The molecule has 0 amide bonds. The molecule has 0 N–H and O–H groups in total. The number of aromatic nitrogens is 4. The first-order chi connectivity index (χ1) is 16.6. The third-order valence-electron chi connectivity index (χ3n) is 4.88. The van der Waals surface area contributed by atoms with Gasteiger partial charge in [0, 0.05) is 5.56 Å². The number of rotatable bonds is 7. The Balaban J connectivity index is 1.49. The molecule has 0 aliphatic carbocycles. The highest BCUT2D eigenvalue weighted by Gasteiger charge is 2.16. The topological polar surface area (TPSA) is 83.0 Å². The van der Waals surface area contributed by atoms with E-state index in [2.05, 4.69) is 19.9 Å². The van der Waals surface area contributed by atoms with E-state index in [4.69, 9.17) is 4.42 Å². The van der Waals surface area contributed by atoms with E-state index in [1.165, 1.54) is 40.6 Å². The number of hydrogen-bond acceptors (Lipinski definition) is 7. The monoisotopic (exact) mass is 478 g/mol. The third kappa shape index (κ3) is 4.53. The van der Waals surface area contributed by atoms with Crippen molar-refractivity contribution >= 4 is 22.7 Å².